The van der Waals surface area contributed by atoms with Crippen LogP contribution >= 0.6 is 23.2 Å². The molecule has 0 aromatic heterocycles. The van der Waals surface area contributed by atoms with E-state index in [9.17, 15) is 14.4 Å². The van der Waals surface area contributed by atoms with Crippen molar-refractivity contribution in [1.82, 2.24) is 15.5 Å². The molecule has 6 nitrogen and oxygen atoms in total. The van der Waals surface area contributed by atoms with Crippen LogP contribution in [-0.4, -0.2) is 22.6 Å². The van der Waals surface area contributed by atoms with E-state index in [1.165, 1.54) is 0 Å². The summed E-state index contributed by atoms with van der Waals surface area (Å²) in [7, 11) is 0. The second-order valence-electron chi connectivity index (χ2n) is 8.13. The molecule has 0 fully saturated rings. The van der Waals surface area contributed by atoms with Crippen molar-refractivity contribution in [3.63, 3.8) is 0 Å². The van der Waals surface area contributed by atoms with E-state index in [0.29, 0.717) is 16.1 Å². The Balaban J connectivity index is 1.36. The van der Waals surface area contributed by atoms with E-state index in [-0.39, 0.29) is 35.8 Å². The van der Waals surface area contributed by atoms with Gasteiger partial charge in [-0.15, -0.1) is 0 Å². The fourth-order valence-corrected chi connectivity index (χ4v) is 4.15. The summed E-state index contributed by atoms with van der Waals surface area (Å²) in [6.07, 6.45) is 0. The predicted molar refractivity (Wildman–Crippen MR) is 135 cm³/mol. The maximum atomic E-state index is 12.8. The third-order valence-electron chi connectivity index (χ3n) is 5.73. The summed E-state index contributed by atoms with van der Waals surface area (Å²) in [6, 6.07) is 23.6. The number of halogens is 2. The van der Waals surface area contributed by atoms with Crippen LogP contribution in [0.3, 0.4) is 0 Å². The second-order valence-corrected chi connectivity index (χ2v) is 8.92. The minimum atomic E-state index is -0.571. The van der Waals surface area contributed by atoms with E-state index >= 15 is 0 Å². The van der Waals surface area contributed by atoms with Crippen LogP contribution in [0.1, 0.15) is 40.0 Å². The van der Waals surface area contributed by atoms with E-state index in [1.54, 1.807) is 48.5 Å². The van der Waals surface area contributed by atoms with Gasteiger partial charge >= 0.3 is 0 Å². The minimum absolute atomic E-state index is 0.0317. The van der Waals surface area contributed by atoms with Crippen LogP contribution in [0.2, 0.25) is 5.02 Å². The van der Waals surface area contributed by atoms with E-state index in [2.05, 4.69) is 10.6 Å². The highest BCUT2D eigenvalue weighted by Gasteiger charge is 2.37. The number of rotatable bonds is 8. The van der Waals surface area contributed by atoms with Crippen molar-refractivity contribution in [2.75, 3.05) is 0 Å². The van der Waals surface area contributed by atoms with E-state index in [1.807, 2.05) is 37.3 Å². The molecule has 178 valence electrons. The van der Waals surface area contributed by atoms with Crippen LogP contribution < -0.4 is 10.6 Å². The molecule has 3 aromatic rings. The Morgan fingerprint density at radius 3 is 2.23 bits per heavy atom. The first-order chi connectivity index (χ1) is 16.8. The van der Waals surface area contributed by atoms with Gasteiger partial charge in [-0.05, 0) is 41.8 Å². The number of hydrogen-bond acceptors (Lipinski definition) is 4. The Hall–Kier alpha value is -3.61. The molecule has 4 rings (SSSR count). The fourth-order valence-electron chi connectivity index (χ4n) is 3.71. The van der Waals surface area contributed by atoms with Crippen LogP contribution in [0, 0.1) is 0 Å². The molecule has 1 atom stereocenters. The standard InChI is InChI=1S/C27H23Cl2N3O3/c1-17(19-7-3-2-4-8-19)31-25(33)20-13-11-18(12-14-20)15-30-24-23(29)26(34)32(27(24)35)16-21-9-5-6-10-22(21)28/h2-14,17,30H,15-16H2,1H3,(H,31,33). The molecule has 0 bridgehead atoms. The lowest BCUT2D eigenvalue weighted by molar-refractivity contribution is -0.138. The minimum Gasteiger partial charge on any atom is -0.375 e. The van der Waals surface area contributed by atoms with Gasteiger partial charge in [0.25, 0.3) is 17.7 Å². The first-order valence-corrected chi connectivity index (χ1v) is 11.8. The molecule has 0 aliphatic carbocycles. The second kappa shape index (κ2) is 10.8. The largest absolute Gasteiger partial charge is 0.375 e. The monoisotopic (exact) mass is 507 g/mol. The van der Waals surface area contributed by atoms with E-state index in [4.69, 9.17) is 23.2 Å². The average Bonchev–Trinajstić information content (AvgIpc) is 3.07. The van der Waals surface area contributed by atoms with Crippen molar-refractivity contribution in [2.45, 2.75) is 26.1 Å². The summed E-state index contributed by atoms with van der Waals surface area (Å²) in [5, 5.41) is 6.25. The molecule has 1 aliphatic rings. The van der Waals surface area contributed by atoms with Gasteiger partial charge in [0.15, 0.2) is 0 Å². The normalized spacial score (nSPS) is 14.3. The zero-order valence-electron chi connectivity index (χ0n) is 18.9. The van der Waals surface area contributed by atoms with Gasteiger partial charge in [0, 0.05) is 17.1 Å². The highest BCUT2D eigenvalue weighted by atomic mass is 35.5. The fraction of sp³-hybridized carbons (Fsp3) is 0.148. The quantitative estimate of drug-likeness (QED) is 0.423. The van der Waals surface area contributed by atoms with Gasteiger partial charge in [-0.1, -0.05) is 83.9 Å². The van der Waals surface area contributed by atoms with Crippen molar-refractivity contribution >= 4 is 40.9 Å². The van der Waals surface area contributed by atoms with Crippen molar-refractivity contribution in [2.24, 2.45) is 0 Å². The molecular weight excluding hydrogens is 485 g/mol. The van der Waals surface area contributed by atoms with Gasteiger partial charge in [-0.25, -0.2) is 0 Å². The van der Waals surface area contributed by atoms with Crippen LogP contribution in [0.25, 0.3) is 0 Å². The molecule has 1 aliphatic heterocycles. The number of imide groups is 1. The molecule has 3 amide bonds. The summed E-state index contributed by atoms with van der Waals surface area (Å²) in [4.78, 5) is 39.0. The number of nitrogens with zero attached hydrogens (tertiary/aromatic N) is 1. The molecule has 0 spiro atoms. The first kappa shape index (κ1) is 24.5. The van der Waals surface area contributed by atoms with E-state index in [0.717, 1.165) is 16.0 Å². The Morgan fingerprint density at radius 1 is 0.886 bits per heavy atom. The van der Waals surface area contributed by atoms with Gasteiger partial charge in [0.05, 0.1) is 12.6 Å². The first-order valence-electron chi connectivity index (χ1n) is 11.0. The molecular formula is C27H23Cl2N3O3. The molecule has 0 saturated carbocycles. The highest BCUT2D eigenvalue weighted by molar-refractivity contribution is 6.47. The predicted octanol–water partition coefficient (Wildman–Crippen LogP) is 4.94. The number of carbonyl (C=O) groups excluding carboxylic acids is 3. The average molecular weight is 508 g/mol. The summed E-state index contributed by atoms with van der Waals surface area (Å²) >= 11 is 12.3. The maximum absolute atomic E-state index is 12.8. The Labute approximate surface area is 213 Å². The third-order valence-corrected chi connectivity index (χ3v) is 6.45. The Kier molecular flexibility index (Phi) is 7.54. The van der Waals surface area contributed by atoms with Gasteiger partial charge in [-0.3, -0.25) is 19.3 Å². The number of benzene rings is 3. The SMILES string of the molecule is CC(NC(=O)c1ccc(CNC2=C(Cl)C(=O)N(Cc3ccccc3Cl)C2=O)cc1)c1ccccc1. The van der Waals surface area contributed by atoms with Crippen molar-refractivity contribution < 1.29 is 14.4 Å². The number of nitrogens with one attached hydrogen (secondary N) is 2. The van der Waals surface area contributed by atoms with Crippen LogP contribution in [0.4, 0.5) is 0 Å². The Morgan fingerprint density at radius 2 is 1.54 bits per heavy atom. The molecule has 1 unspecified atom stereocenters. The molecule has 2 N–H and O–H groups in total. The zero-order valence-corrected chi connectivity index (χ0v) is 20.4. The maximum Gasteiger partial charge on any atom is 0.278 e. The topological polar surface area (TPSA) is 78.5 Å². The van der Waals surface area contributed by atoms with Crippen molar-refractivity contribution in [1.29, 1.82) is 0 Å². The molecule has 1 heterocycles. The third kappa shape index (κ3) is 5.56. The molecule has 0 saturated heterocycles. The Bertz CT molecular complexity index is 1290. The lowest BCUT2D eigenvalue weighted by Gasteiger charge is -2.16. The smallest absolute Gasteiger partial charge is 0.278 e. The number of hydrogen-bond donors (Lipinski definition) is 2. The summed E-state index contributed by atoms with van der Waals surface area (Å²) < 4.78 is 0. The number of carbonyl (C=O) groups is 3. The highest BCUT2D eigenvalue weighted by Crippen LogP contribution is 2.26. The summed E-state index contributed by atoms with van der Waals surface area (Å²) in [5.41, 5.74) is 3.05. The molecule has 8 heteroatoms. The van der Waals surface area contributed by atoms with Gasteiger partial charge in [0.2, 0.25) is 0 Å². The summed E-state index contributed by atoms with van der Waals surface area (Å²) in [5.74, 6) is -1.26. The van der Waals surface area contributed by atoms with Gasteiger partial charge in [0.1, 0.15) is 10.7 Å². The molecule has 3 aromatic carbocycles. The summed E-state index contributed by atoms with van der Waals surface area (Å²) in [6.45, 7) is 2.22. The lowest BCUT2D eigenvalue weighted by atomic mass is 10.1. The zero-order chi connectivity index (χ0) is 24.9. The number of amides is 3. The lowest BCUT2D eigenvalue weighted by Crippen LogP contribution is -2.33. The van der Waals surface area contributed by atoms with Crippen molar-refractivity contribution in [3.8, 4) is 0 Å². The van der Waals surface area contributed by atoms with Crippen molar-refractivity contribution in [3.05, 3.63) is 117 Å². The van der Waals surface area contributed by atoms with Crippen LogP contribution in [-0.2, 0) is 22.7 Å². The molecule has 35 heavy (non-hydrogen) atoms. The van der Waals surface area contributed by atoms with Crippen LogP contribution in [0.15, 0.2) is 89.6 Å². The van der Waals surface area contributed by atoms with Gasteiger partial charge < -0.3 is 10.6 Å². The van der Waals surface area contributed by atoms with Crippen LogP contribution in [0.5, 0.6) is 0 Å². The van der Waals surface area contributed by atoms with Gasteiger partial charge in [-0.2, -0.15) is 0 Å². The van der Waals surface area contributed by atoms with E-state index < -0.39 is 11.8 Å². The molecule has 0 radical (unpaired) electrons.